The summed E-state index contributed by atoms with van der Waals surface area (Å²) in [5, 5.41) is 6.49. The fourth-order valence-electron chi connectivity index (χ4n) is 1.25. The van der Waals surface area contributed by atoms with E-state index in [1.165, 1.54) is 11.5 Å². The number of hydrogen-bond acceptors (Lipinski definition) is 5. The zero-order chi connectivity index (χ0) is 14.4. The highest BCUT2D eigenvalue weighted by atomic mass is 79.9. The normalized spacial score (nSPS) is 10.1. The number of thiocarbonyl (C=S) groups is 1. The fourth-order valence-corrected chi connectivity index (χ4v) is 3.04. The molecule has 1 heterocycles. The first-order valence-corrected chi connectivity index (χ1v) is 8.54. The van der Waals surface area contributed by atoms with E-state index in [1.807, 2.05) is 30.3 Å². The maximum atomic E-state index is 5.22. The fraction of sp³-hybridized carbons (Fsp3) is 0.0833. The second-order valence-electron chi connectivity index (χ2n) is 3.57. The van der Waals surface area contributed by atoms with Gasteiger partial charge in [-0.05, 0) is 48.0 Å². The van der Waals surface area contributed by atoms with Gasteiger partial charge in [0.1, 0.15) is 0 Å². The van der Waals surface area contributed by atoms with Crippen LogP contribution in [-0.2, 0) is 0 Å². The third kappa shape index (κ3) is 4.86. The van der Waals surface area contributed by atoms with E-state index in [-0.39, 0.29) is 0 Å². The molecule has 0 bridgehead atoms. The van der Waals surface area contributed by atoms with Crippen molar-refractivity contribution in [1.29, 1.82) is 0 Å². The van der Waals surface area contributed by atoms with Crippen LogP contribution in [0.3, 0.4) is 0 Å². The van der Waals surface area contributed by atoms with E-state index in [4.69, 9.17) is 12.2 Å². The Balaban J connectivity index is 1.89. The Morgan fingerprint density at radius 3 is 2.85 bits per heavy atom. The average Bonchev–Trinajstić information content (AvgIpc) is 2.86. The first kappa shape index (κ1) is 15.4. The predicted octanol–water partition coefficient (Wildman–Crippen LogP) is 4.39. The van der Waals surface area contributed by atoms with Gasteiger partial charge in [-0.2, -0.15) is 9.36 Å². The number of rotatable bonds is 5. The van der Waals surface area contributed by atoms with E-state index in [2.05, 4.69) is 42.5 Å². The highest BCUT2D eigenvalue weighted by Crippen LogP contribution is 2.22. The summed E-state index contributed by atoms with van der Waals surface area (Å²) < 4.78 is 6.10. The van der Waals surface area contributed by atoms with Crippen LogP contribution in [0.5, 0.6) is 0 Å². The number of hydrogen-bond donors (Lipinski definition) is 2. The summed E-state index contributed by atoms with van der Waals surface area (Å²) in [6.07, 6.45) is 1.83. The Bertz CT molecular complexity index is 597. The summed E-state index contributed by atoms with van der Waals surface area (Å²) in [7, 11) is 0. The molecule has 8 heteroatoms. The summed E-state index contributed by atoms with van der Waals surface area (Å²) in [4.78, 5) is 4.32. The van der Waals surface area contributed by atoms with Gasteiger partial charge in [-0.15, -0.1) is 6.58 Å². The molecule has 0 radical (unpaired) electrons. The summed E-state index contributed by atoms with van der Waals surface area (Å²) in [6.45, 7) is 3.67. The second kappa shape index (κ2) is 7.72. The maximum Gasteiger partial charge on any atom is 0.241 e. The van der Waals surface area contributed by atoms with Crippen LogP contribution in [0.4, 0.5) is 11.6 Å². The number of aromatic nitrogens is 2. The van der Waals surface area contributed by atoms with E-state index in [0.717, 1.165) is 20.3 Å². The van der Waals surface area contributed by atoms with Crippen molar-refractivity contribution < 1.29 is 0 Å². The van der Waals surface area contributed by atoms with E-state index in [1.54, 1.807) is 11.8 Å². The van der Waals surface area contributed by atoms with Crippen LogP contribution in [0.25, 0.3) is 0 Å². The average molecular weight is 387 g/mol. The zero-order valence-corrected chi connectivity index (χ0v) is 14.3. The Kier molecular flexibility index (Phi) is 5.96. The van der Waals surface area contributed by atoms with Crippen LogP contribution in [-0.4, -0.2) is 20.2 Å². The molecule has 0 atom stereocenters. The highest BCUT2D eigenvalue weighted by molar-refractivity contribution is 9.10. The van der Waals surface area contributed by atoms with Crippen LogP contribution in [0.2, 0.25) is 0 Å². The van der Waals surface area contributed by atoms with Gasteiger partial charge in [0.25, 0.3) is 0 Å². The van der Waals surface area contributed by atoms with Gasteiger partial charge in [-0.25, -0.2) is 0 Å². The number of nitrogens with zero attached hydrogens (tertiary/aromatic N) is 2. The molecule has 0 aliphatic carbocycles. The molecule has 2 aromatic rings. The monoisotopic (exact) mass is 386 g/mol. The van der Waals surface area contributed by atoms with Crippen LogP contribution < -0.4 is 10.6 Å². The first-order valence-electron chi connectivity index (χ1n) is 5.58. The Hall–Kier alpha value is -0.960. The van der Waals surface area contributed by atoms with Crippen molar-refractivity contribution in [3.8, 4) is 0 Å². The maximum absolute atomic E-state index is 5.22. The quantitative estimate of drug-likeness (QED) is 0.451. The lowest BCUT2D eigenvalue weighted by Gasteiger charge is -2.07. The zero-order valence-electron chi connectivity index (χ0n) is 10.3. The van der Waals surface area contributed by atoms with Crippen molar-refractivity contribution in [3.63, 3.8) is 0 Å². The molecule has 0 unspecified atom stereocenters. The smallest absolute Gasteiger partial charge is 0.241 e. The van der Waals surface area contributed by atoms with Crippen molar-refractivity contribution in [3.05, 3.63) is 41.4 Å². The molecule has 0 amide bonds. The molecular weight excluding hydrogens is 376 g/mol. The lowest BCUT2D eigenvalue weighted by molar-refractivity contribution is 1.22. The van der Waals surface area contributed by atoms with Gasteiger partial charge >= 0.3 is 0 Å². The summed E-state index contributed by atoms with van der Waals surface area (Å²) in [5.74, 6) is 1.33. The Labute approximate surface area is 139 Å². The molecule has 0 aliphatic rings. The minimum absolute atomic E-state index is 0.463. The molecule has 0 fully saturated rings. The lowest BCUT2D eigenvalue weighted by atomic mass is 10.3. The summed E-state index contributed by atoms with van der Waals surface area (Å²) >= 11 is 11.5. The third-order valence-corrected chi connectivity index (χ3v) is 4.62. The molecule has 0 spiro atoms. The van der Waals surface area contributed by atoms with Gasteiger partial charge in [0.2, 0.25) is 5.95 Å². The van der Waals surface area contributed by atoms with Crippen LogP contribution >= 0.6 is 51.4 Å². The van der Waals surface area contributed by atoms with Gasteiger partial charge in [-0.1, -0.05) is 33.8 Å². The minimum Gasteiger partial charge on any atom is -0.332 e. The molecule has 2 N–H and O–H groups in total. The summed E-state index contributed by atoms with van der Waals surface area (Å²) in [5.41, 5.74) is 0.905. The third-order valence-electron chi connectivity index (χ3n) is 2.06. The van der Waals surface area contributed by atoms with Crippen molar-refractivity contribution in [1.82, 2.24) is 9.36 Å². The molecule has 0 saturated heterocycles. The number of halogens is 1. The van der Waals surface area contributed by atoms with Crippen molar-refractivity contribution in [2.75, 3.05) is 16.4 Å². The summed E-state index contributed by atoms with van der Waals surface area (Å²) in [6, 6.07) is 7.74. The Morgan fingerprint density at radius 1 is 1.40 bits per heavy atom. The van der Waals surface area contributed by atoms with E-state index >= 15 is 0 Å². The number of anilines is 2. The van der Waals surface area contributed by atoms with Crippen LogP contribution in [0.15, 0.2) is 45.7 Å². The molecule has 1 aromatic heterocycles. The highest BCUT2D eigenvalue weighted by Gasteiger charge is 2.06. The van der Waals surface area contributed by atoms with E-state index in [0.29, 0.717) is 11.1 Å². The molecule has 20 heavy (non-hydrogen) atoms. The molecule has 4 nitrogen and oxygen atoms in total. The molecule has 104 valence electrons. The van der Waals surface area contributed by atoms with Gasteiger partial charge in [-0.3, -0.25) is 0 Å². The SMILES string of the molecule is C=CCSc1nc(NC(=S)Nc2ccc(Br)cc2)ns1. The minimum atomic E-state index is 0.463. The van der Waals surface area contributed by atoms with Crippen molar-refractivity contribution >= 4 is 68.2 Å². The van der Waals surface area contributed by atoms with Gasteiger partial charge in [0.15, 0.2) is 9.45 Å². The van der Waals surface area contributed by atoms with Gasteiger partial charge in [0.05, 0.1) is 0 Å². The molecular formula is C12H11BrN4S3. The van der Waals surface area contributed by atoms with Crippen LogP contribution in [0, 0.1) is 0 Å². The number of thioether (sulfide) groups is 1. The Morgan fingerprint density at radius 2 is 2.15 bits per heavy atom. The topological polar surface area (TPSA) is 49.8 Å². The lowest BCUT2D eigenvalue weighted by Crippen LogP contribution is -2.19. The number of nitrogens with one attached hydrogen (secondary N) is 2. The van der Waals surface area contributed by atoms with Crippen molar-refractivity contribution in [2.24, 2.45) is 0 Å². The van der Waals surface area contributed by atoms with Gasteiger partial charge in [0, 0.05) is 15.9 Å². The largest absolute Gasteiger partial charge is 0.332 e. The molecule has 2 rings (SSSR count). The standard InChI is InChI=1S/C12H11BrN4S3/c1-2-7-19-12-16-10(17-20-12)15-11(18)14-9-5-3-8(13)4-6-9/h2-6H,1,7H2,(H2,14,15,17,18). The van der Waals surface area contributed by atoms with Gasteiger partial charge < -0.3 is 10.6 Å². The van der Waals surface area contributed by atoms with Crippen molar-refractivity contribution in [2.45, 2.75) is 4.34 Å². The molecule has 0 aliphatic heterocycles. The first-order chi connectivity index (χ1) is 9.67. The predicted molar refractivity (Wildman–Crippen MR) is 94.8 cm³/mol. The molecule has 0 saturated carbocycles. The number of benzene rings is 1. The molecule has 1 aromatic carbocycles. The van der Waals surface area contributed by atoms with Crippen LogP contribution in [0.1, 0.15) is 0 Å². The second-order valence-corrected chi connectivity index (χ2v) is 6.91. The van der Waals surface area contributed by atoms with E-state index < -0.39 is 0 Å². The van der Waals surface area contributed by atoms with E-state index in [9.17, 15) is 0 Å².